The Kier molecular flexibility index (Phi) is 7.98. The number of carbonyl (C=O) groups excluding carboxylic acids is 2. The van der Waals surface area contributed by atoms with Crippen molar-refractivity contribution in [3.8, 4) is 11.4 Å². The van der Waals surface area contributed by atoms with Crippen molar-refractivity contribution >= 4 is 29.3 Å². The summed E-state index contributed by atoms with van der Waals surface area (Å²) in [4.78, 5) is 29.0. The molecular weight excluding hydrogens is 469 g/mol. The van der Waals surface area contributed by atoms with Crippen LogP contribution in [0.15, 0.2) is 53.7 Å². The van der Waals surface area contributed by atoms with Crippen LogP contribution in [0.2, 0.25) is 0 Å². The monoisotopic (exact) mass is 497 g/mol. The van der Waals surface area contributed by atoms with Crippen LogP contribution < -0.4 is 11.2 Å². The van der Waals surface area contributed by atoms with E-state index in [1.807, 2.05) is 29.2 Å². The van der Waals surface area contributed by atoms with Gasteiger partial charge in [-0.25, -0.2) is 9.07 Å². The van der Waals surface area contributed by atoms with Crippen molar-refractivity contribution in [2.75, 3.05) is 49.6 Å². The summed E-state index contributed by atoms with van der Waals surface area (Å²) in [5, 5.41) is 11.3. The van der Waals surface area contributed by atoms with Crippen LogP contribution in [0.25, 0.3) is 11.4 Å². The summed E-state index contributed by atoms with van der Waals surface area (Å²) in [5.41, 5.74) is 2.19. The number of rotatable bonds is 8. The average molecular weight is 498 g/mol. The summed E-state index contributed by atoms with van der Waals surface area (Å²) >= 11 is 1.16. The Bertz CT molecular complexity index is 1190. The quantitative estimate of drug-likeness (QED) is 0.363. The molecule has 11 heteroatoms. The van der Waals surface area contributed by atoms with Crippen LogP contribution in [0.5, 0.6) is 0 Å². The summed E-state index contributed by atoms with van der Waals surface area (Å²) in [6, 6.07) is 14.0. The van der Waals surface area contributed by atoms with Gasteiger partial charge in [0.1, 0.15) is 5.82 Å². The molecule has 0 saturated carbocycles. The van der Waals surface area contributed by atoms with Gasteiger partial charge in [0.2, 0.25) is 17.0 Å². The molecule has 9 nitrogen and oxygen atoms in total. The van der Waals surface area contributed by atoms with E-state index in [-0.39, 0.29) is 35.5 Å². The van der Waals surface area contributed by atoms with Gasteiger partial charge >= 0.3 is 0 Å². The van der Waals surface area contributed by atoms with Gasteiger partial charge in [-0.1, -0.05) is 49.0 Å². The minimum Gasteiger partial charge on any atom is -0.339 e. The van der Waals surface area contributed by atoms with Crippen molar-refractivity contribution < 1.29 is 14.0 Å². The van der Waals surface area contributed by atoms with Gasteiger partial charge in [-0.05, 0) is 30.2 Å². The van der Waals surface area contributed by atoms with Crippen LogP contribution in [0.3, 0.4) is 0 Å². The van der Waals surface area contributed by atoms with Crippen LogP contribution in [0.1, 0.15) is 12.5 Å². The lowest BCUT2D eigenvalue weighted by atomic mass is 10.1. The normalized spacial score (nSPS) is 14.2. The molecule has 3 aromatic rings. The number of hydrogen-bond acceptors (Lipinski definition) is 7. The van der Waals surface area contributed by atoms with E-state index in [1.54, 1.807) is 23.1 Å². The number of benzene rings is 2. The molecule has 1 aliphatic rings. The number of thioether (sulfide) groups is 1. The fourth-order valence-electron chi connectivity index (χ4n) is 3.92. The van der Waals surface area contributed by atoms with Gasteiger partial charge < -0.3 is 16.1 Å². The third kappa shape index (κ3) is 5.98. The maximum absolute atomic E-state index is 14.0. The third-order valence-electron chi connectivity index (χ3n) is 5.87. The number of para-hydroxylation sites is 1. The Morgan fingerprint density at radius 2 is 1.77 bits per heavy atom. The second kappa shape index (κ2) is 11.3. The first-order chi connectivity index (χ1) is 17.0. The van der Waals surface area contributed by atoms with Gasteiger partial charge in [0.15, 0.2) is 5.82 Å². The SMILES string of the molecule is CCc1ccccc1NC(=O)CN1CCN(C(=O)CSc2nnc(-c3ccccc3F)n2N)CC1. The number of anilines is 1. The molecule has 3 N–H and O–H groups in total. The zero-order valence-corrected chi connectivity index (χ0v) is 20.3. The van der Waals surface area contributed by atoms with Crippen LogP contribution in [0.4, 0.5) is 10.1 Å². The molecule has 1 fully saturated rings. The summed E-state index contributed by atoms with van der Waals surface area (Å²) < 4.78 is 15.2. The number of nitrogens with zero attached hydrogens (tertiary/aromatic N) is 5. The number of hydrogen-bond donors (Lipinski definition) is 2. The highest BCUT2D eigenvalue weighted by Crippen LogP contribution is 2.24. The molecule has 2 amide bonds. The van der Waals surface area contributed by atoms with Gasteiger partial charge in [0.25, 0.3) is 0 Å². The maximum atomic E-state index is 14.0. The molecular formula is C24H28FN7O2S. The minimum atomic E-state index is -0.444. The molecule has 0 atom stereocenters. The van der Waals surface area contributed by atoms with E-state index in [2.05, 4.69) is 22.4 Å². The fourth-order valence-corrected chi connectivity index (χ4v) is 4.68. The molecule has 2 aromatic carbocycles. The van der Waals surface area contributed by atoms with E-state index >= 15 is 0 Å². The average Bonchev–Trinajstić information content (AvgIpc) is 3.23. The first-order valence-corrected chi connectivity index (χ1v) is 12.4. The standard InChI is InChI=1S/C24H28FN7O2S/c1-2-17-7-3-6-10-20(17)27-21(33)15-30-11-13-31(14-12-30)22(34)16-35-24-29-28-23(32(24)26)18-8-4-5-9-19(18)25/h3-10H,2,11-16,26H2,1H3,(H,27,33). The Morgan fingerprint density at radius 1 is 1.06 bits per heavy atom. The predicted octanol–water partition coefficient (Wildman–Crippen LogP) is 2.24. The second-order valence-electron chi connectivity index (χ2n) is 8.16. The molecule has 1 aromatic heterocycles. The lowest BCUT2D eigenvalue weighted by Gasteiger charge is -2.34. The molecule has 1 saturated heterocycles. The molecule has 35 heavy (non-hydrogen) atoms. The smallest absolute Gasteiger partial charge is 0.238 e. The molecule has 0 aliphatic carbocycles. The highest BCUT2D eigenvalue weighted by atomic mass is 32.2. The molecule has 0 unspecified atom stereocenters. The van der Waals surface area contributed by atoms with E-state index < -0.39 is 5.82 Å². The molecule has 4 rings (SSSR count). The number of halogens is 1. The lowest BCUT2D eigenvalue weighted by Crippen LogP contribution is -2.50. The molecule has 184 valence electrons. The van der Waals surface area contributed by atoms with Crippen LogP contribution in [-0.2, 0) is 16.0 Å². The number of nitrogens with one attached hydrogen (secondary N) is 1. The van der Waals surface area contributed by atoms with Crippen molar-refractivity contribution in [3.05, 3.63) is 59.9 Å². The van der Waals surface area contributed by atoms with Crippen LogP contribution in [0, 0.1) is 5.82 Å². The van der Waals surface area contributed by atoms with Gasteiger partial charge in [-0.3, -0.25) is 14.5 Å². The number of carbonyl (C=O) groups is 2. The third-order valence-corrected chi connectivity index (χ3v) is 6.80. The number of aromatic nitrogens is 3. The second-order valence-corrected chi connectivity index (χ2v) is 9.10. The summed E-state index contributed by atoms with van der Waals surface area (Å²) in [6.07, 6.45) is 0.847. The molecule has 0 spiro atoms. The van der Waals surface area contributed by atoms with E-state index in [0.29, 0.717) is 31.3 Å². The Labute approximate surface area is 207 Å². The van der Waals surface area contributed by atoms with Gasteiger partial charge in [-0.2, -0.15) is 0 Å². The number of aryl methyl sites for hydroxylation is 1. The maximum Gasteiger partial charge on any atom is 0.238 e. The number of amides is 2. The first-order valence-electron chi connectivity index (χ1n) is 11.4. The molecule has 0 bridgehead atoms. The summed E-state index contributed by atoms with van der Waals surface area (Å²) in [5.74, 6) is 5.83. The Hall–Kier alpha value is -3.44. The summed E-state index contributed by atoms with van der Waals surface area (Å²) in [7, 11) is 0. The van der Waals surface area contributed by atoms with Crippen LogP contribution >= 0.6 is 11.8 Å². The zero-order chi connectivity index (χ0) is 24.8. The number of nitrogen functional groups attached to an aromatic ring is 1. The van der Waals surface area contributed by atoms with Crippen molar-refractivity contribution in [2.24, 2.45) is 0 Å². The lowest BCUT2D eigenvalue weighted by molar-refractivity contribution is -0.130. The predicted molar refractivity (Wildman–Crippen MR) is 134 cm³/mol. The minimum absolute atomic E-state index is 0.0496. The van der Waals surface area contributed by atoms with Crippen LogP contribution in [-0.4, -0.2) is 75.0 Å². The fraction of sp³-hybridized carbons (Fsp3) is 0.333. The van der Waals surface area contributed by atoms with Crippen molar-refractivity contribution in [1.82, 2.24) is 24.7 Å². The topological polar surface area (TPSA) is 109 Å². The Balaban J connectivity index is 1.24. The van der Waals surface area contributed by atoms with E-state index in [4.69, 9.17) is 5.84 Å². The number of nitrogens with two attached hydrogens (primary N) is 1. The molecule has 1 aliphatic heterocycles. The van der Waals surface area contributed by atoms with E-state index in [1.165, 1.54) is 10.7 Å². The van der Waals surface area contributed by atoms with Gasteiger partial charge in [0.05, 0.1) is 17.9 Å². The Morgan fingerprint density at radius 3 is 2.51 bits per heavy atom. The van der Waals surface area contributed by atoms with E-state index in [0.717, 1.165) is 29.4 Å². The molecule has 0 radical (unpaired) electrons. The zero-order valence-electron chi connectivity index (χ0n) is 19.5. The summed E-state index contributed by atoms with van der Waals surface area (Å²) in [6.45, 7) is 4.64. The van der Waals surface area contributed by atoms with Crippen molar-refractivity contribution in [2.45, 2.75) is 18.5 Å². The van der Waals surface area contributed by atoms with E-state index in [9.17, 15) is 14.0 Å². The largest absolute Gasteiger partial charge is 0.339 e. The van der Waals surface area contributed by atoms with Gasteiger partial charge in [0, 0.05) is 31.9 Å². The van der Waals surface area contributed by atoms with Crippen molar-refractivity contribution in [3.63, 3.8) is 0 Å². The van der Waals surface area contributed by atoms with Gasteiger partial charge in [-0.15, -0.1) is 10.2 Å². The highest BCUT2D eigenvalue weighted by Gasteiger charge is 2.24. The first kappa shape index (κ1) is 24.7. The highest BCUT2D eigenvalue weighted by molar-refractivity contribution is 7.99. The number of piperazine rings is 1. The molecule has 2 heterocycles. The van der Waals surface area contributed by atoms with Crippen molar-refractivity contribution in [1.29, 1.82) is 0 Å².